The number of piperazine rings is 1. The van der Waals surface area contributed by atoms with Crippen LogP contribution in [-0.2, 0) is 0 Å². The number of likely N-dealkylation sites (N-methyl/N-ethyl adjacent to an activating group) is 1. The first-order chi connectivity index (χ1) is 9.11. The molecule has 1 fully saturated rings. The fraction of sp³-hybridized carbons (Fsp3) is 0.533. The summed E-state index contributed by atoms with van der Waals surface area (Å²) >= 11 is 0. The van der Waals surface area contributed by atoms with Gasteiger partial charge in [-0.05, 0) is 32.5 Å². The van der Waals surface area contributed by atoms with Crippen LogP contribution >= 0.6 is 0 Å². The fourth-order valence-corrected chi connectivity index (χ4v) is 2.56. The number of Topliss-reactive ketones (excluding diaryl/α,β-unsaturated/α-hetero) is 1. The highest BCUT2D eigenvalue weighted by molar-refractivity contribution is 5.94. The third kappa shape index (κ3) is 3.33. The standard InChI is InChI=1S/C15H22N2O2/c1-12(19)13-4-3-5-14(10-13)17-8-7-16(2)15(11-17)6-9-18/h3-5,10,15,18H,6-9,11H2,1-2H3. The van der Waals surface area contributed by atoms with Crippen LogP contribution in [0.2, 0.25) is 0 Å². The molecule has 1 aliphatic rings. The molecule has 4 nitrogen and oxygen atoms in total. The summed E-state index contributed by atoms with van der Waals surface area (Å²) < 4.78 is 0. The van der Waals surface area contributed by atoms with Crippen LogP contribution in [0.3, 0.4) is 0 Å². The second-order valence-electron chi connectivity index (χ2n) is 5.20. The van der Waals surface area contributed by atoms with Gasteiger partial charge in [-0.2, -0.15) is 0 Å². The Morgan fingerprint density at radius 3 is 2.89 bits per heavy atom. The predicted molar refractivity (Wildman–Crippen MR) is 76.8 cm³/mol. The Labute approximate surface area is 114 Å². The highest BCUT2D eigenvalue weighted by Crippen LogP contribution is 2.21. The lowest BCUT2D eigenvalue weighted by Crippen LogP contribution is -2.51. The molecular weight excluding hydrogens is 240 g/mol. The molecule has 19 heavy (non-hydrogen) atoms. The van der Waals surface area contributed by atoms with E-state index in [4.69, 9.17) is 5.11 Å². The van der Waals surface area contributed by atoms with Crippen LogP contribution in [0, 0.1) is 0 Å². The number of hydrogen-bond donors (Lipinski definition) is 1. The Kier molecular flexibility index (Phi) is 4.56. The highest BCUT2D eigenvalue weighted by Gasteiger charge is 2.24. The van der Waals surface area contributed by atoms with Crippen molar-refractivity contribution < 1.29 is 9.90 Å². The van der Waals surface area contributed by atoms with Crippen molar-refractivity contribution in [3.8, 4) is 0 Å². The van der Waals surface area contributed by atoms with Crippen molar-refractivity contribution in [1.82, 2.24) is 4.90 Å². The number of rotatable bonds is 4. The normalized spacial score (nSPS) is 20.6. The van der Waals surface area contributed by atoms with E-state index < -0.39 is 0 Å². The van der Waals surface area contributed by atoms with Gasteiger partial charge in [0.25, 0.3) is 0 Å². The summed E-state index contributed by atoms with van der Waals surface area (Å²) in [5, 5.41) is 9.12. The van der Waals surface area contributed by atoms with Gasteiger partial charge in [0.05, 0.1) is 0 Å². The van der Waals surface area contributed by atoms with Gasteiger partial charge in [-0.15, -0.1) is 0 Å². The monoisotopic (exact) mass is 262 g/mol. The minimum Gasteiger partial charge on any atom is -0.396 e. The quantitative estimate of drug-likeness (QED) is 0.833. The van der Waals surface area contributed by atoms with E-state index in [2.05, 4.69) is 16.8 Å². The second kappa shape index (κ2) is 6.17. The molecule has 4 heteroatoms. The van der Waals surface area contributed by atoms with Crippen LogP contribution in [0.25, 0.3) is 0 Å². The fourth-order valence-electron chi connectivity index (χ4n) is 2.56. The summed E-state index contributed by atoms with van der Waals surface area (Å²) in [6, 6.07) is 8.18. The minimum atomic E-state index is 0.0999. The Bertz CT molecular complexity index is 448. The van der Waals surface area contributed by atoms with E-state index in [1.54, 1.807) is 6.92 Å². The molecule has 0 aliphatic carbocycles. The maximum absolute atomic E-state index is 11.4. The molecule has 1 unspecified atom stereocenters. The topological polar surface area (TPSA) is 43.8 Å². The Hall–Kier alpha value is -1.39. The van der Waals surface area contributed by atoms with E-state index >= 15 is 0 Å². The van der Waals surface area contributed by atoms with Crippen LogP contribution in [0.5, 0.6) is 0 Å². The molecule has 1 saturated heterocycles. The van der Waals surface area contributed by atoms with E-state index in [-0.39, 0.29) is 12.4 Å². The first-order valence-electron chi connectivity index (χ1n) is 6.79. The van der Waals surface area contributed by atoms with E-state index in [9.17, 15) is 4.79 Å². The molecule has 0 amide bonds. The molecule has 1 aliphatic heterocycles. The zero-order chi connectivity index (χ0) is 13.8. The van der Waals surface area contributed by atoms with E-state index in [1.807, 2.05) is 24.3 Å². The van der Waals surface area contributed by atoms with Crippen molar-refractivity contribution in [2.45, 2.75) is 19.4 Å². The molecule has 1 heterocycles. The van der Waals surface area contributed by atoms with Gasteiger partial charge in [0.1, 0.15) is 0 Å². The summed E-state index contributed by atoms with van der Waals surface area (Å²) in [4.78, 5) is 16.0. The van der Waals surface area contributed by atoms with Gasteiger partial charge >= 0.3 is 0 Å². The summed E-state index contributed by atoms with van der Waals surface area (Å²) in [7, 11) is 2.10. The molecule has 0 aromatic heterocycles. The Morgan fingerprint density at radius 1 is 1.42 bits per heavy atom. The molecule has 2 rings (SSSR count). The molecule has 1 atom stereocenters. The smallest absolute Gasteiger partial charge is 0.159 e. The number of ketones is 1. The average molecular weight is 262 g/mol. The summed E-state index contributed by atoms with van der Waals surface area (Å²) in [5.41, 5.74) is 1.86. The number of carbonyl (C=O) groups is 1. The zero-order valence-corrected chi connectivity index (χ0v) is 11.7. The predicted octanol–water partition coefficient (Wildman–Crippen LogP) is 1.39. The van der Waals surface area contributed by atoms with E-state index in [0.717, 1.165) is 37.3 Å². The number of aliphatic hydroxyl groups is 1. The summed E-state index contributed by atoms with van der Waals surface area (Å²) in [6.07, 6.45) is 0.791. The van der Waals surface area contributed by atoms with Crippen LogP contribution in [-0.4, -0.2) is 55.1 Å². The molecule has 0 bridgehead atoms. The van der Waals surface area contributed by atoms with Gasteiger partial charge in [0, 0.05) is 43.5 Å². The molecule has 1 aromatic rings. The van der Waals surface area contributed by atoms with Crippen LogP contribution in [0.1, 0.15) is 23.7 Å². The molecule has 0 radical (unpaired) electrons. The van der Waals surface area contributed by atoms with Crippen molar-refractivity contribution in [2.24, 2.45) is 0 Å². The lowest BCUT2D eigenvalue weighted by molar-refractivity contribution is 0.101. The highest BCUT2D eigenvalue weighted by atomic mass is 16.3. The first kappa shape index (κ1) is 14.0. The van der Waals surface area contributed by atoms with Crippen LogP contribution in [0.15, 0.2) is 24.3 Å². The number of anilines is 1. The third-order valence-corrected chi connectivity index (χ3v) is 3.86. The first-order valence-corrected chi connectivity index (χ1v) is 6.79. The molecule has 0 saturated carbocycles. The van der Waals surface area contributed by atoms with Crippen molar-refractivity contribution >= 4 is 11.5 Å². The lowest BCUT2D eigenvalue weighted by atomic mass is 10.1. The van der Waals surface area contributed by atoms with E-state index in [1.165, 1.54) is 0 Å². The summed E-state index contributed by atoms with van der Waals surface area (Å²) in [5.74, 6) is 0.0999. The largest absolute Gasteiger partial charge is 0.396 e. The van der Waals surface area contributed by atoms with Gasteiger partial charge < -0.3 is 10.0 Å². The van der Waals surface area contributed by atoms with Crippen molar-refractivity contribution in [1.29, 1.82) is 0 Å². The minimum absolute atomic E-state index is 0.0999. The Morgan fingerprint density at radius 2 is 2.21 bits per heavy atom. The zero-order valence-electron chi connectivity index (χ0n) is 11.7. The Balaban J connectivity index is 2.13. The number of aliphatic hydroxyl groups excluding tert-OH is 1. The van der Waals surface area contributed by atoms with Crippen LogP contribution < -0.4 is 4.90 Å². The van der Waals surface area contributed by atoms with Gasteiger partial charge in [0.2, 0.25) is 0 Å². The maximum Gasteiger partial charge on any atom is 0.159 e. The summed E-state index contributed by atoms with van der Waals surface area (Å²) in [6.45, 7) is 4.65. The lowest BCUT2D eigenvalue weighted by Gasteiger charge is -2.40. The molecular formula is C15H22N2O2. The van der Waals surface area contributed by atoms with Gasteiger partial charge in [-0.25, -0.2) is 0 Å². The maximum atomic E-state index is 11.4. The van der Waals surface area contributed by atoms with Gasteiger partial charge in [-0.1, -0.05) is 12.1 Å². The molecule has 1 aromatic carbocycles. The molecule has 0 spiro atoms. The number of benzene rings is 1. The SMILES string of the molecule is CC(=O)c1cccc(N2CCN(C)C(CCO)C2)c1. The van der Waals surface area contributed by atoms with E-state index in [0.29, 0.717) is 6.04 Å². The van der Waals surface area contributed by atoms with Crippen LogP contribution in [0.4, 0.5) is 5.69 Å². The molecule has 1 N–H and O–H groups in total. The number of nitrogens with zero attached hydrogens (tertiary/aromatic N) is 2. The number of carbonyl (C=O) groups excluding carboxylic acids is 1. The van der Waals surface area contributed by atoms with Crippen molar-refractivity contribution in [3.05, 3.63) is 29.8 Å². The van der Waals surface area contributed by atoms with Gasteiger partial charge in [0.15, 0.2) is 5.78 Å². The molecule has 104 valence electrons. The third-order valence-electron chi connectivity index (χ3n) is 3.86. The second-order valence-corrected chi connectivity index (χ2v) is 5.20. The number of hydrogen-bond acceptors (Lipinski definition) is 4. The average Bonchev–Trinajstić information content (AvgIpc) is 2.41. The van der Waals surface area contributed by atoms with Crippen molar-refractivity contribution in [3.63, 3.8) is 0 Å². The van der Waals surface area contributed by atoms with Crippen molar-refractivity contribution in [2.75, 3.05) is 38.2 Å². The van der Waals surface area contributed by atoms with Gasteiger partial charge in [-0.3, -0.25) is 9.69 Å².